The third-order valence-corrected chi connectivity index (χ3v) is 2.27. The van der Waals surface area contributed by atoms with Gasteiger partial charge in [0.2, 0.25) is 0 Å². The SMILES string of the molecule is C/C=C/C(C)CN1CCCC1. The molecule has 1 saturated heterocycles. The maximum atomic E-state index is 2.56. The van der Waals surface area contributed by atoms with E-state index in [0.717, 1.165) is 5.92 Å². The molecule has 0 aromatic heterocycles. The first-order chi connectivity index (χ1) is 5.33. The Morgan fingerprint density at radius 3 is 2.55 bits per heavy atom. The summed E-state index contributed by atoms with van der Waals surface area (Å²) >= 11 is 0. The zero-order valence-electron chi connectivity index (χ0n) is 7.71. The van der Waals surface area contributed by atoms with Crippen LogP contribution in [0.25, 0.3) is 0 Å². The van der Waals surface area contributed by atoms with Crippen molar-refractivity contribution in [3.8, 4) is 0 Å². The van der Waals surface area contributed by atoms with Crippen LogP contribution < -0.4 is 0 Å². The van der Waals surface area contributed by atoms with Gasteiger partial charge in [0.1, 0.15) is 0 Å². The van der Waals surface area contributed by atoms with Gasteiger partial charge in [-0.1, -0.05) is 19.1 Å². The van der Waals surface area contributed by atoms with Gasteiger partial charge in [0, 0.05) is 6.54 Å². The maximum Gasteiger partial charge on any atom is 0.00417 e. The molecule has 1 aliphatic rings. The molecule has 0 N–H and O–H groups in total. The van der Waals surface area contributed by atoms with Gasteiger partial charge in [-0.3, -0.25) is 0 Å². The summed E-state index contributed by atoms with van der Waals surface area (Å²) in [6, 6.07) is 0. The molecule has 0 radical (unpaired) electrons. The van der Waals surface area contributed by atoms with Gasteiger partial charge in [-0.05, 0) is 38.8 Å². The number of nitrogens with zero attached hydrogens (tertiary/aromatic N) is 1. The Labute approximate surface area is 70.1 Å². The Balaban J connectivity index is 2.18. The average Bonchev–Trinajstić information content (AvgIpc) is 2.40. The van der Waals surface area contributed by atoms with Crippen LogP contribution in [0.3, 0.4) is 0 Å². The Morgan fingerprint density at radius 1 is 1.36 bits per heavy atom. The zero-order chi connectivity index (χ0) is 8.10. The first-order valence-corrected chi connectivity index (χ1v) is 4.68. The minimum Gasteiger partial charge on any atom is -0.303 e. The smallest absolute Gasteiger partial charge is 0.00417 e. The number of hydrogen-bond acceptors (Lipinski definition) is 1. The van der Waals surface area contributed by atoms with Crippen LogP contribution in [0.1, 0.15) is 26.7 Å². The van der Waals surface area contributed by atoms with Crippen molar-refractivity contribution in [1.29, 1.82) is 0 Å². The summed E-state index contributed by atoms with van der Waals surface area (Å²) in [5.41, 5.74) is 0. The van der Waals surface area contributed by atoms with E-state index in [1.54, 1.807) is 0 Å². The lowest BCUT2D eigenvalue weighted by atomic mass is 10.1. The molecule has 0 aromatic carbocycles. The van der Waals surface area contributed by atoms with Crippen molar-refractivity contribution in [2.24, 2.45) is 5.92 Å². The lowest BCUT2D eigenvalue weighted by molar-refractivity contribution is 0.311. The lowest BCUT2D eigenvalue weighted by Gasteiger charge is -2.17. The monoisotopic (exact) mass is 153 g/mol. The molecule has 0 bridgehead atoms. The highest BCUT2D eigenvalue weighted by Gasteiger charge is 2.12. The predicted octanol–water partition coefficient (Wildman–Crippen LogP) is 2.29. The lowest BCUT2D eigenvalue weighted by Crippen LogP contribution is -2.24. The van der Waals surface area contributed by atoms with Crippen molar-refractivity contribution in [3.63, 3.8) is 0 Å². The van der Waals surface area contributed by atoms with E-state index in [-0.39, 0.29) is 0 Å². The van der Waals surface area contributed by atoms with Gasteiger partial charge in [-0.2, -0.15) is 0 Å². The van der Waals surface area contributed by atoms with Crippen molar-refractivity contribution in [2.75, 3.05) is 19.6 Å². The summed E-state index contributed by atoms with van der Waals surface area (Å²) in [6.07, 6.45) is 7.25. The van der Waals surface area contributed by atoms with Gasteiger partial charge < -0.3 is 4.90 Å². The molecular formula is C10H19N. The summed E-state index contributed by atoms with van der Waals surface area (Å²) < 4.78 is 0. The van der Waals surface area contributed by atoms with E-state index in [2.05, 4.69) is 30.9 Å². The Kier molecular flexibility index (Phi) is 3.64. The molecule has 1 atom stereocenters. The van der Waals surface area contributed by atoms with Crippen LogP contribution in [-0.4, -0.2) is 24.5 Å². The zero-order valence-corrected chi connectivity index (χ0v) is 7.71. The summed E-state index contributed by atoms with van der Waals surface area (Å²) in [5.74, 6) is 0.734. The molecule has 1 aliphatic heterocycles. The highest BCUT2D eigenvalue weighted by Crippen LogP contribution is 2.10. The standard InChI is InChI=1S/C10H19N/c1-3-6-10(2)9-11-7-4-5-8-11/h3,6,10H,4-5,7-9H2,1-2H3/b6-3+. The van der Waals surface area contributed by atoms with Gasteiger partial charge >= 0.3 is 0 Å². The first kappa shape index (κ1) is 8.79. The van der Waals surface area contributed by atoms with Crippen molar-refractivity contribution < 1.29 is 0 Å². The molecule has 11 heavy (non-hydrogen) atoms. The van der Waals surface area contributed by atoms with E-state index in [9.17, 15) is 0 Å². The quantitative estimate of drug-likeness (QED) is 0.562. The van der Waals surface area contributed by atoms with Crippen LogP contribution >= 0.6 is 0 Å². The number of hydrogen-bond donors (Lipinski definition) is 0. The maximum absolute atomic E-state index is 2.56. The topological polar surface area (TPSA) is 3.24 Å². The molecular weight excluding hydrogens is 134 g/mol. The highest BCUT2D eigenvalue weighted by atomic mass is 15.1. The molecule has 1 rings (SSSR count). The van der Waals surface area contributed by atoms with Crippen LogP contribution in [0.2, 0.25) is 0 Å². The van der Waals surface area contributed by atoms with Gasteiger partial charge in [-0.25, -0.2) is 0 Å². The second-order valence-corrected chi connectivity index (χ2v) is 3.51. The van der Waals surface area contributed by atoms with E-state index >= 15 is 0 Å². The predicted molar refractivity (Wildman–Crippen MR) is 49.7 cm³/mol. The fraction of sp³-hybridized carbons (Fsp3) is 0.800. The van der Waals surface area contributed by atoms with E-state index < -0.39 is 0 Å². The van der Waals surface area contributed by atoms with Crippen LogP contribution in [0.4, 0.5) is 0 Å². The van der Waals surface area contributed by atoms with Crippen molar-refractivity contribution in [3.05, 3.63) is 12.2 Å². The first-order valence-electron chi connectivity index (χ1n) is 4.68. The van der Waals surface area contributed by atoms with Crippen LogP contribution in [-0.2, 0) is 0 Å². The molecule has 0 aliphatic carbocycles. The average molecular weight is 153 g/mol. The number of likely N-dealkylation sites (tertiary alicyclic amines) is 1. The second kappa shape index (κ2) is 4.55. The number of rotatable bonds is 3. The van der Waals surface area contributed by atoms with Crippen LogP contribution in [0.5, 0.6) is 0 Å². The van der Waals surface area contributed by atoms with E-state index in [0.29, 0.717) is 0 Å². The number of allylic oxidation sites excluding steroid dienone is 1. The molecule has 64 valence electrons. The van der Waals surface area contributed by atoms with Gasteiger partial charge in [0.15, 0.2) is 0 Å². The largest absolute Gasteiger partial charge is 0.303 e. The van der Waals surface area contributed by atoms with E-state index in [1.165, 1.54) is 32.5 Å². The Bertz CT molecular complexity index is 123. The molecule has 0 amide bonds. The molecule has 1 nitrogen and oxygen atoms in total. The molecule has 0 aromatic rings. The molecule has 1 unspecified atom stereocenters. The molecule has 1 heterocycles. The minimum absolute atomic E-state index is 0.734. The Morgan fingerprint density at radius 2 is 2.00 bits per heavy atom. The third-order valence-electron chi connectivity index (χ3n) is 2.27. The van der Waals surface area contributed by atoms with Crippen LogP contribution in [0.15, 0.2) is 12.2 Å². The van der Waals surface area contributed by atoms with Gasteiger partial charge in [0.05, 0.1) is 0 Å². The summed E-state index contributed by atoms with van der Waals surface area (Å²) in [6.45, 7) is 8.28. The second-order valence-electron chi connectivity index (χ2n) is 3.51. The van der Waals surface area contributed by atoms with E-state index in [1.807, 2.05) is 0 Å². The van der Waals surface area contributed by atoms with Gasteiger partial charge in [0.25, 0.3) is 0 Å². The highest BCUT2D eigenvalue weighted by molar-refractivity contribution is 4.85. The Hall–Kier alpha value is -0.300. The molecule has 1 fully saturated rings. The normalized spacial score (nSPS) is 23.1. The summed E-state index contributed by atoms with van der Waals surface area (Å²) in [5, 5.41) is 0. The molecule has 0 saturated carbocycles. The summed E-state index contributed by atoms with van der Waals surface area (Å²) in [7, 11) is 0. The van der Waals surface area contributed by atoms with Crippen LogP contribution in [0, 0.1) is 5.92 Å². The molecule has 1 heteroatoms. The van der Waals surface area contributed by atoms with E-state index in [4.69, 9.17) is 0 Å². The van der Waals surface area contributed by atoms with Crippen molar-refractivity contribution in [2.45, 2.75) is 26.7 Å². The minimum atomic E-state index is 0.734. The van der Waals surface area contributed by atoms with Crippen molar-refractivity contribution in [1.82, 2.24) is 4.90 Å². The fourth-order valence-corrected chi connectivity index (χ4v) is 1.76. The fourth-order valence-electron chi connectivity index (χ4n) is 1.76. The van der Waals surface area contributed by atoms with Gasteiger partial charge in [-0.15, -0.1) is 0 Å². The summed E-state index contributed by atoms with van der Waals surface area (Å²) in [4.78, 5) is 2.56. The third kappa shape index (κ3) is 3.06. The van der Waals surface area contributed by atoms with Crippen molar-refractivity contribution >= 4 is 0 Å². The molecule has 0 spiro atoms.